The van der Waals surface area contributed by atoms with Crippen molar-refractivity contribution in [2.75, 3.05) is 0 Å². The highest BCUT2D eigenvalue weighted by atomic mass is 79.9. The van der Waals surface area contributed by atoms with E-state index >= 15 is 0 Å². The zero-order valence-electron chi connectivity index (χ0n) is 10.5. The molecule has 2 heterocycles. The molecule has 0 radical (unpaired) electrons. The summed E-state index contributed by atoms with van der Waals surface area (Å²) >= 11 is 12.6. The van der Waals surface area contributed by atoms with Gasteiger partial charge < -0.3 is 0 Å². The molecular formula is C14H8BrClN2OS2. The van der Waals surface area contributed by atoms with Crippen LogP contribution in [0, 0.1) is 0 Å². The van der Waals surface area contributed by atoms with E-state index in [9.17, 15) is 4.79 Å². The van der Waals surface area contributed by atoms with Crippen LogP contribution in [0.4, 0.5) is 0 Å². The number of nitrogens with zero attached hydrogens (tertiary/aromatic N) is 1. The summed E-state index contributed by atoms with van der Waals surface area (Å²) < 4.78 is 1.91. The lowest BCUT2D eigenvalue weighted by Crippen LogP contribution is -2.16. The van der Waals surface area contributed by atoms with Crippen LogP contribution in [-0.2, 0) is 0 Å². The summed E-state index contributed by atoms with van der Waals surface area (Å²) in [6.07, 6.45) is 1.61. The van der Waals surface area contributed by atoms with Gasteiger partial charge in [0.1, 0.15) is 4.88 Å². The van der Waals surface area contributed by atoms with Crippen molar-refractivity contribution in [3.05, 3.63) is 55.0 Å². The molecular weight excluding hydrogens is 392 g/mol. The zero-order chi connectivity index (χ0) is 14.8. The second kappa shape index (κ2) is 6.27. The number of halogens is 2. The van der Waals surface area contributed by atoms with Gasteiger partial charge in [0.05, 0.1) is 11.2 Å². The first-order valence-corrected chi connectivity index (χ1v) is 8.76. The number of fused-ring (bicyclic) bond motifs is 1. The van der Waals surface area contributed by atoms with E-state index < -0.39 is 0 Å². The Morgan fingerprint density at radius 2 is 2.24 bits per heavy atom. The molecule has 0 atom stereocenters. The Labute approximate surface area is 142 Å². The fraction of sp³-hybridized carbons (Fsp3) is 0. The maximum atomic E-state index is 12.1. The quantitative estimate of drug-likeness (QED) is 0.480. The van der Waals surface area contributed by atoms with Crippen molar-refractivity contribution in [3.63, 3.8) is 0 Å². The largest absolute Gasteiger partial charge is 0.283 e. The number of amides is 1. The molecule has 1 N–H and O–H groups in total. The summed E-state index contributed by atoms with van der Waals surface area (Å²) in [5.74, 6) is -0.301. The lowest BCUT2D eigenvalue weighted by atomic mass is 10.2. The SMILES string of the molecule is O=C(N/N=C\c1cccs1)c1sc2cc(Br)ccc2c1Cl. The van der Waals surface area contributed by atoms with Crippen LogP contribution in [-0.4, -0.2) is 12.1 Å². The smallest absolute Gasteiger partial charge is 0.266 e. The number of thiophene rings is 2. The molecule has 106 valence electrons. The molecule has 0 aliphatic carbocycles. The van der Waals surface area contributed by atoms with Crippen LogP contribution >= 0.6 is 50.2 Å². The fourth-order valence-corrected chi connectivity index (χ4v) is 4.30. The Morgan fingerprint density at radius 3 is 3.00 bits per heavy atom. The van der Waals surface area contributed by atoms with E-state index in [4.69, 9.17) is 11.6 Å². The van der Waals surface area contributed by atoms with Crippen LogP contribution < -0.4 is 5.43 Å². The number of carbonyl (C=O) groups is 1. The maximum Gasteiger partial charge on any atom is 0.283 e. The summed E-state index contributed by atoms with van der Waals surface area (Å²) in [4.78, 5) is 13.6. The number of hydrogen-bond donors (Lipinski definition) is 1. The average Bonchev–Trinajstić information content (AvgIpc) is 3.07. The van der Waals surface area contributed by atoms with Gasteiger partial charge in [0.25, 0.3) is 5.91 Å². The van der Waals surface area contributed by atoms with E-state index in [0.717, 1.165) is 19.4 Å². The van der Waals surface area contributed by atoms with Gasteiger partial charge in [0.15, 0.2) is 0 Å². The monoisotopic (exact) mass is 398 g/mol. The van der Waals surface area contributed by atoms with E-state index in [1.807, 2.05) is 35.7 Å². The van der Waals surface area contributed by atoms with Crippen LogP contribution in [0.15, 0.2) is 45.3 Å². The Hall–Kier alpha value is -1.21. The lowest BCUT2D eigenvalue weighted by molar-refractivity contribution is 0.0959. The molecule has 0 spiro atoms. The van der Waals surface area contributed by atoms with Gasteiger partial charge in [-0.25, -0.2) is 5.43 Å². The fourth-order valence-electron chi connectivity index (χ4n) is 1.76. The Kier molecular flexibility index (Phi) is 4.40. The highest BCUT2D eigenvalue weighted by Gasteiger charge is 2.16. The van der Waals surface area contributed by atoms with Gasteiger partial charge in [0.2, 0.25) is 0 Å². The predicted molar refractivity (Wildman–Crippen MR) is 93.9 cm³/mol. The van der Waals surface area contributed by atoms with Crippen LogP contribution in [0.25, 0.3) is 10.1 Å². The second-order valence-electron chi connectivity index (χ2n) is 4.10. The first-order chi connectivity index (χ1) is 10.1. The summed E-state index contributed by atoms with van der Waals surface area (Å²) in [6.45, 7) is 0. The van der Waals surface area contributed by atoms with Crippen molar-refractivity contribution >= 4 is 72.4 Å². The Morgan fingerprint density at radius 1 is 1.38 bits per heavy atom. The third-order valence-corrected chi connectivity index (χ3v) is 5.65. The van der Waals surface area contributed by atoms with E-state index in [0.29, 0.717) is 9.90 Å². The lowest BCUT2D eigenvalue weighted by Gasteiger charge is -1.96. The van der Waals surface area contributed by atoms with E-state index in [1.165, 1.54) is 11.3 Å². The number of nitrogens with one attached hydrogen (secondary N) is 1. The normalized spacial score (nSPS) is 11.3. The van der Waals surface area contributed by atoms with Gasteiger partial charge in [-0.3, -0.25) is 4.79 Å². The molecule has 3 nitrogen and oxygen atoms in total. The van der Waals surface area contributed by atoms with Gasteiger partial charge in [-0.2, -0.15) is 5.10 Å². The maximum absolute atomic E-state index is 12.1. The van der Waals surface area contributed by atoms with Gasteiger partial charge in [-0.1, -0.05) is 39.7 Å². The topological polar surface area (TPSA) is 41.5 Å². The molecule has 1 aromatic carbocycles. The second-order valence-corrected chi connectivity index (χ2v) is 7.43. The van der Waals surface area contributed by atoms with Gasteiger partial charge in [-0.15, -0.1) is 22.7 Å². The molecule has 3 aromatic rings. The number of hydrogen-bond acceptors (Lipinski definition) is 4. The van der Waals surface area contributed by atoms with Crippen molar-refractivity contribution in [3.8, 4) is 0 Å². The molecule has 0 fully saturated rings. The van der Waals surface area contributed by atoms with Crippen molar-refractivity contribution in [2.24, 2.45) is 5.10 Å². The molecule has 2 aromatic heterocycles. The summed E-state index contributed by atoms with van der Waals surface area (Å²) in [5, 5.41) is 7.23. The standard InChI is InChI=1S/C14H8BrClN2OS2/c15-8-3-4-10-11(6-8)21-13(12(10)16)14(19)18-17-7-9-2-1-5-20-9/h1-7H,(H,18,19)/b17-7-. The van der Waals surface area contributed by atoms with Crippen LogP contribution in [0.1, 0.15) is 14.5 Å². The highest BCUT2D eigenvalue weighted by molar-refractivity contribution is 9.10. The van der Waals surface area contributed by atoms with Crippen molar-refractivity contribution in [1.82, 2.24) is 5.43 Å². The zero-order valence-corrected chi connectivity index (χ0v) is 14.4. The summed E-state index contributed by atoms with van der Waals surface area (Å²) in [6, 6.07) is 9.58. The molecule has 0 unspecified atom stereocenters. The molecule has 21 heavy (non-hydrogen) atoms. The number of rotatable bonds is 3. The Balaban J connectivity index is 1.83. The van der Waals surface area contributed by atoms with Gasteiger partial charge in [0, 0.05) is 19.4 Å². The number of carbonyl (C=O) groups excluding carboxylic acids is 1. The van der Waals surface area contributed by atoms with E-state index in [1.54, 1.807) is 17.6 Å². The van der Waals surface area contributed by atoms with E-state index in [-0.39, 0.29) is 5.91 Å². The highest BCUT2D eigenvalue weighted by Crippen LogP contribution is 2.36. The molecule has 7 heteroatoms. The molecule has 0 aliphatic heterocycles. The molecule has 1 amide bonds. The van der Waals surface area contributed by atoms with Crippen molar-refractivity contribution in [2.45, 2.75) is 0 Å². The minimum atomic E-state index is -0.301. The van der Waals surface area contributed by atoms with Crippen molar-refractivity contribution in [1.29, 1.82) is 0 Å². The average molecular weight is 400 g/mol. The van der Waals surface area contributed by atoms with Crippen LogP contribution in [0.2, 0.25) is 5.02 Å². The first kappa shape index (κ1) is 14.7. The van der Waals surface area contributed by atoms with E-state index in [2.05, 4.69) is 26.5 Å². The van der Waals surface area contributed by atoms with Gasteiger partial charge in [-0.05, 0) is 23.6 Å². The Bertz CT molecular complexity index is 827. The third kappa shape index (κ3) is 3.18. The molecule has 0 saturated carbocycles. The first-order valence-electron chi connectivity index (χ1n) is 5.89. The molecule has 0 saturated heterocycles. The van der Waals surface area contributed by atoms with Crippen LogP contribution in [0.3, 0.4) is 0 Å². The van der Waals surface area contributed by atoms with Crippen LogP contribution in [0.5, 0.6) is 0 Å². The minimum absolute atomic E-state index is 0.301. The molecule has 3 rings (SSSR count). The summed E-state index contributed by atoms with van der Waals surface area (Å²) in [7, 11) is 0. The molecule has 0 aliphatic rings. The molecule has 0 bridgehead atoms. The summed E-state index contributed by atoms with van der Waals surface area (Å²) in [5.41, 5.74) is 2.51. The minimum Gasteiger partial charge on any atom is -0.266 e. The number of benzene rings is 1. The third-order valence-electron chi connectivity index (χ3n) is 2.70. The van der Waals surface area contributed by atoms with Crippen molar-refractivity contribution < 1.29 is 4.79 Å². The number of hydrazone groups is 1. The van der Waals surface area contributed by atoms with Gasteiger partial charge >= 0.3 is 0 Å². The predicted octanol–water partition coefficient (Wildman–Crippen LogP) is 5.14.